The molecule has 0 bridgehead atoms. The molecule has 0 amide bonds. The minimum Gasteiger partial charge on any atom is -0.550 e. The number of aliphatic carboxylic acids is 1. The summed E-state index contributed by atoms with van der Waals surface area (Å²) in [4.78, 5) is 24.7. The molecule has 3 aromatic rings. The molecule has 6 heteroatoms. The number of hydrogen-bond donors (Lipinski definition) is 0. The second kappa shape index (κ2) is 8.03. The largest absolute Gasteiger partial charge is 1.00 e. The van der Waals surface area contributed by atoms with E-state index in [4.69, 9.17) is 4.42 Å². The van der Waals surface area contributed by atoms with Crippen LogP contribution in [0.25, 0.3) is 11.0 Å². The van der Waals surface area contributed by atoms with Gasteiger partial charge in [-0.15, -0.1) is 11.8 Å². The summed E-state index contributed by atoms with van der Waals surface area (Å²) in [5.74, 6) is -1.38. The Balaban J connectivity index is 0.00000208. The molecule has 24 heavy (non-hydrogen) atoms. The van der Waals surface area contributed by atoms with Crippen LogP contribution >= 0.6 is 11.8 Å². The Morgan fingerprint density at radius 3 is 2.46 bits per heavy atom. The fourth-order valence-corrected chi connectivity index (χ4v) is 2.89. The number of furan rings is 1. The zero-order valence-electron chi connectivity index (χ0n) is 13.4. The number of carboxylic acid groups (broad SMARTS) is 1. The molecule has 0 N–H and O–H groups in total. The summed E-state index contributed by atoms with van der Waals surface area (Å²) in [6, 6.07) is 12.2. The smallest absolute Gasteiger partial charge is 0.550 e. The number of hydrogen-bond acceptors (Lipinski definition) is 5. The summed E-state index contributed by atoms with van der Waals surface area (Å²) in [5.41, 5.74) is 1.88. The van der Waals surface area contributed by atoms with Crippen LogP contribution in [0.1, 0.15) is 21.5 Å². The van der Waals surface area contributed by atoms with Crippen molar-refractivity contribution in [1.29, 1.82) is 0 Å². The number of fused-ring (bicyclic) bond motifs is 1. The van der Waals surface area contributed by atoms with Gasteiger partial charge in [0.2, 0.25) is 0 Å². The van der Waals surface area contributed by atoms with Gasteiger partial charge in [-0.05, 0) is 54.3 Å². The van der Waals surface area contributed by atoms with Crippen molar-refractivity contribution in [3.05, 3.63) is 65.4 Å². The molecule has 1 aromatic heterocycles. The minimum atomic E-state index is -1.18. The molecule has 0 atom stereocenters. The monoisotopic (exact) mass is 348 g/mol. The Morgan fingerprint density at radius 1 is 1.12 bits per heavy atom. The van der Waals surface area contributed by atoms with Crippen LogP contribution in [0.15, 0.2) is 58.0 Å². The van der Waals surface area contributed by atoms with Crippen LogP contribution in [0.5, 0.6) is 0 Å². The van der Waals surface area contributed by atoms with E-state index in [1.807, 2.05) is 18.4 Å². The zero-order chi connectivity index (χ0) is 16.4. The van der Waals surface area contributed by atoms with Crippen molar-refractivity contribution >= 4 is 34.5 Å². The average Bonchev–Trinajstić information content (AvgIpc) is 3.01. The quantitative estimate of drug-likeness (QED) is 0.359. The van der Waals surface area contributed by atoms with Crippen molar-refractivity contribution in [2.45, 2.75) is 11.3 Å². The number of thioether (sulfide) groups is 1. The van der Waals surface area contributed by atoms with Crippen molar-refractivity contribution < 1.29 is 48.7 Å². The number of carbonyl (C=O) groups excluding carboxylic acids is 2. The van der Waals surface area contributed by atoms with Gasteiger partial charge in [0.05, 0.1) is 11.8 Å². The Bertz CT molecular complexity index is 884. The van der Waals surface area contributed by atoms with E-state index < -0.39 is 5.97 Å². The normalized spacial score (nSPS) is 10.4. The Labute approximate surface area is 165 Å². The van der Waals surface area contributed by atoms with E-state index in [-0.39, 0.29) is 41.8 Å². The first-order valence-corrected chi connectivity index (χ1v) is 8.19. The van der Waals surface area contributed by atoms with Gasteiger partial charge in [0.1, 0.15) is 5.58 Å². The van der Waals surface area contributed by atoms with Gasteiger partial charge in [0.15, 0.2) is 5.78 Å². The summed E-state index contributed by atoms with van der Waals surface area (Å²) in [7, 11) is 0. The Hall–Kier alpha value is -1.53. The molecular formula is C18H13NaO4S. The van der Waals surface area contributed by atoms with Gasteiger partial charge in [0, 0.05) is 28.2 Å². The van der Waals surface area contributed by atoms with Crippen LogP contribution in [0, 0.1) is 0 Å². The molecular weight excluding hydrogens is 335 g/mol. The standard InChI is InChI=1S/C18H14O4S.Na/c1-23-14-4-2-12(3-5-14)17(21)15-9-11(10-16(19)20)8-13-6-7-22-18(13)15;/h2-9H,10H2,1H3,(H,19,20);/q;+1/p-1. The fourth-order valence-electron chi connectivity index (χ4n) is 2.48. The van der Waals surface area contributed by atoms with Crippen molar-refractivity contribution in [2.75, 3.05) is 6.26 Å². The number of ketones is 1. The summed E-state index contributed by atoms with van der Waals surface area (Å²) in [6.07, 6.45) is 3.21. The van der Waals surface area contributed by atoms with Crippen LogP contribution in [-0.2, 0) is 11.2 Å². The zero-order valence-corrected chi connectivity index (χ0v) is 16.2. The van der Waals surface area contributed by atoms with Crippen LogP contribution in [0.4, 0.5) is 0 Å². The maximum atomic E-state index is 12.8. The summed E-state index contributed by atoms with van der Waals surface area (Å²) in [5, 5.41) is 11.5. The molecule has 2 aromatic carbocycles. The number of carboxylic acids is 1. The number of rotatable bonds is 5. The van der Waals surface area contributed by atoms with Gasteiger partial charge in [0.25, 0.3) is 0 Å². The topological polar surface area (TPSA) is 70.3 Å². The molecule has 0 aliphatic heterocycles. The van der Waals surface area contributed by atoms with E-state index in [1.165, 1.54) is 6.26 Å². The van der Waals surface area contributed by atoms with Gasteiger partial charge in [-0.1, -0.05) is 0 Å². The first-order valence-electron chi connectivity index (χ1n) is 6.97. The predicted molar refractivity (Wildman–Crippen MR) is 86.6 cm³/mol. The molecule has 3 rings (SSSR count). The summed E-state index contributed by atoms with van der Waals surface area (Å²) >= 11 is 1.60. The number of carbonyl (C=O) groups is 2. The molecule has 0 unspecified atom stereocenters. The molecule has 0 saturated carbocycles. The molecule has 0 saturated heterocycles. The SMILES string of the molecule is CSc1ccc(C(=O)c2cc(CC(=O)[O-])cc3ccoc23)cc1.[Na+]. The van der Waals surface area contributed by atoms with Crippen LogP contribution < -0.4 is 34.7 Å². The Kier molecular flexibility index (Phi) is 6.29. The first-order chi connectivity index (χ1) is 11.1. The average molecular weight is 348 g/mol. The van der Waals surface area contributed by atoms with Gasteiger partial charge >= 0.3 is 29.6 Å². The maximum absolute atomic E-state index is 12.8. The minimum absolute atomic E-state index is 0. The number of benzene rings is 2. The molecule has 0 spiro atoms. The summed E-state index contributed by atoms with van der Waals surface area (Å²) in [6.45, 7) is 0. The third-order valence-corrected chi connectivity index (χ3v) is 4.30. The van der Waals surface area contributed by atoms with Gasteiger partial charge in [-0.25, -0.2) is 0 Å². The molecule has 1 heterocycles. The van der Waals surface area contributed by atoms with Crippen molar-refractivity contribution in [1.82, 2.24) is 0 Å². The second-order valence-electron chi connectivity index (χ2n) is 5.09. The fraction of sp³-hybridized carbons (Fsp3) is 0.111. The van der Waals surface area contributed by atoms with E-state index in [0.29, 0.717) is 27.7 Å². The molecule has 0 radical (unpaired) electrons. The van der Waals surface area contributed by atoms with E-state index in [9.17, 15) is 14.7 Å². The van der Waals surface area contributed by atoms with Crippen molar-refractivity contribution in [3.8, 4) is 0 Å². The summed E-state index contributed by atoms with van der Waals surface area (Å²) < 4.78 is 5.41. The Morgan fingerprint density at radius 2 is 1.83 bits per heavy atom. The molecule has 116 valence electrons. The van der Waals surface area contributed by atoms with Crippen LogP contribution in [0.3, 0.4) is 0 Å². The van der Waals surface area contributed by atoms with E-state index >= 15 is 0 Å². The first kappa shape index (κ1) is 18.8. The van der Waals surface area contributed by atoms with Crippen molar-refractivity contribution in [3.63, 3.8) is 0 Å². The van der Waals surface area contributed by atoms with E-state index in [1.54, 1.807) is 42.1 Å². The van der Waals surface area contributed by atoms with Crippen LogP contribution in [0.2, 0.25) is 0 Å². The molecule has 0 fully saturated rings. The third-order valence-electron chi connectivity index (χ3n) is 3.56. The van der Waals surface area contributed by atoms with Gasteiger partial charge in [-0.2, -0.15) is 0 Å². The van der Waals surface area contributed by atoms with Crippen LogP contribution in [-0.4, -0.2) is 18.0 Å². The van der Waals surface area contributed by atoms with E-state index in [2.05, 4.69) is 0 Å². The third kappa shape index (κ3) is 3.92. The maximum Gasteiger partial charge on any atom is 1.00 e. The molecule has 0 aliphatic carbocycles. The van der Waals surface area contributed by atoms with E-state index in [0.717, 1.165) is 4.90 Å². The molecule has 4 nitrogen and oxygen atoms in total. The molecule has 0 aliphatic rings. The van der Waals surface area contributed by atoms with Crippen molar-refractivity contribution in [2.24, 2.45) is 0 Å². The predicted octanol–water partition coefficient (Wildman–Crippen LogP) is -0.318. The second-order valence-corrected chi connectivity index (χ2v) is 5.97. The van der Waals surface area contributed by atoms with Gasteiger partial charge in [-0.3, -0.25) is 4.79 Å². The van der Waals surface area contributed by atoms with Gasteiger partial charge < -0.3 is 14.3 Å².